The molecule has 17 nitrogen and oxygen atoms in total. The number of phosphoric acid groups is 2. The predicted octanol–water partition coefficient (Wildman–Crippen LogP) is 23.6. The van der Waals surface area contributed by atoms with Gasteiger partial charge in [-0.15, -0.1) is 0 Å². The molecule has 19 heteroatoms. The minimum atomic E-state index is -5.01. The quantitative estimate of drug-likeness (QED) is 0.0169. The fourth-order valence-corrected chi connectivity index (χ4v) is 11.5. The minimum Gasteiger partial charge on any atom is -0.462 e. The van der Waals surface area contributed by atoms with E-state index in [1.807, 2.05) is 36.5 Å². The molecule has 0 radical (unpaired) electrons. The van der Waals surface area contributed by atoms with Gasteiger partial charge in [-0.25, -0.2) is 9.13 Å². The fraction of sp³-hybridized carbons (Fsp3) is 0.609. The van der Waals surface area contributed by atoms with Crippen LogP contribution in [-0.2, 0) is 65.4 Å². The molecule has 0 bridgehead atoms. The van der Waals surface area contributed by atoms with Gasteiger partial charge in [-0.2, -0.15) is 0 Å². The zero-order valence-corrected chi connectivity index (χ0v) is 67.3. The molecule has 0 aliphatic rings. The highest BCUT2D eigenvalue weighted by atomic mass is 31.2. The normalized spacial score (nSPS) is 14.8. The summed E-state index contributed by atoms with van der Waals surface area (Å²) in [6, 6.07) is 0. The highest BCUT2D eigenvalue weighted by molar-refractivity contribution is 7.47. The standard InChI is InChI=1S/C87H140O17P2/c1-5-9-13-17-21-25-29-33-37-39-40-42-45-48-52-56-60-64-68-72-85(90)98-78-83(104-87(92)74-70-66-62-58-54-50-46-41-38-34-30-26-22-18-14-10-6-2)80-102-106(95,96)100-76-81(88)75-99-105(93,94)101-79-82(103-86(91)73-69-65-61-57-53-49-44-36-32-28-24-20-16-12-8-4)77-97-84(89)71-67-63-59-55-51-47-43-35-31-27-23-19-15-11-7-3/h9-11,13-15,21-23,25-27,33-38,40,42-44,48,51-52,55,60,63-64,67,81-83,88H,5-8,12,16-20,24,28-32,39,41,45-47,49-50,53-54,56-59,61-62,65-66,68-80H2,1-4H3,(H,93,94)(H,95,96)/b13-9-,14-10-,15-11-,25-21-,26-22-,27-23-,37-33-,38-34-,42-40-,43-35-,44-36-,52-48-,55-51-,64-60-,67-63-. The first-order valence-electron chi connectivity index (χ1n) is 40.0. The van der Waals surface area contributed by atoms with Gasteiger partial charge < -0.3 is 33.8 Å². The van der Waals surface area contributed by atoms with E-state index in [-0.39, 0.29) is 25.7 Å². The predicted molar refractivity (Wildman–Crippen MR) is 436 cm³/mol. The summed E-state index contributed by atoms with van der Waals surface area (Å²) in [6.07, 6.45) is 93.4. The molecule has 600 valence electrons. The summed E-state index contributed by atoms with van der Waals surface area (Å²) in [5, 5.41) is 10.6. The van der Waals surface area contributed by atoms with Gasteiger partial charge in [0.1, 0.15) is 19.3 Å². The first kappa shape index (κ1) is 100. The van der Waals surface area contributed by atoms with Crippen LogP contribution in [0, 0.1) is 0 Å². The highest BCUT2D eigenvalue weighted by Crippen LogP contribution is 2.45. The summed E-state index contributed by atoms with van der Waals surface area (Å²) in [7, 11) is -10.0. The second-order valence-electron chi connectivity index (χ2n) is 25.9. The Labute approximate surface area is 641 Å². The molecule has 0 fully saturated rings. The molecule has 5 atom stereocenters. The third-order valence-electron chi connectivity index (χ3n) is 15.9. The summed E-state index contributed by atoms with van der Waals surface area (Å²) in [5.74, 6) is -2.46. The lowest BCUT2D eigenvalue weighted by Crippen LogP contribution is -2.30. The van der Waals surface area contributed by atoms with Crippen LogP contribution in [0.1, 0.15) is 285 Å². The number of aliphatic hydroxyl groups is 1. The van der Waals surface area contributed by atoms with Crippen molar-refractivity contribution in [1.82, 2.24) is 0 Å². The highest BCUT2D eigenvalue weighted by Gasteiger charge is 2.30. The van der Waals surface area contributed by atoms with E-state index in [0.717, 1.165) is 161 Å². The van der Waals surface area contributed by atoms with Crippen LogP contribution in [0.2, 0.25) is 0 Å². The summed E-state index contributed by atoms with van der Waals surface area (Å²) in [6.45, 7) is 4.29. The number of unbranched alkanes of at least 4 members (excludes halogenated alkanes) is 18. The maximum absolute atomic E-state index is 13.1. The molecular weight excluding hydrogens is 1380 g/mol. The van der Waals surface area contributed by atoms with Crippen LogP contribution in [0.15, 0.2) is 182 Å². The molecule has 0 aromatic rings. The number of carbonyl (C=O) groups excluding carboxylic acids is 4. The average Bonchev–Trinajstić information content (AvgIpc) is 0.902. The van der Waals surface area contributed by atoms with Gasteiger partial charge in [0.05, 0.1) is 32.8 Å². The van der Waals surface area contributed by atoms with Crippen molar-refractivity contribution in [2.45, 2.75) is 303 Å². The summed E-state index contributed by atoms with van der Waals surface area (Å²) < 4.78 is 68.4. The van der Waals surface area contributed by atoms with E-state index in [4.69, 9.17) is 37.0 Å². The van der Waals surface area contributed by atoms with Gasteiger partial charge in [-0.05, 0) is 148 Å². The summed E-state index contributed by atoms with van der Waals surface area (Å²) in [4.78, 5) is 73.0. The van der Waals surface area contributed by atoms with E-state index < -0.39 is 97.5 Å². The second kappa shape index (κ2) is 77.3. The molecule has 106 heavy (non-hydrogen) atoms. The van der Waals surface area contributed by atoms with E-state index >= 15 is 0 Å². The minimum absolute atomic E-state index is 0.0253. The van der Waals surface area contributed by atoms with Crippen molar-refractivity contribution >= 4 is 39.5 Å². The van der Waals surface area contributed by atoms with Crippen molar-refractivity contribution in [3.05, 3.63) is 182 Å². The van der Waals surface area contributed by atoms with E-state index in [9.17, 15) is 43.2 Å². The number of aliphatic hydroxyl groups excluding tert-OH is 1. The Hall–Kier alpha value is -5.84. The largest absolute Gasteiger partial charge is 0.472 e. The number of hydrogen-bond acceptors (Lipinski definition) is 15. The molecule has 5 unspecified atom stereocenters. The fourth-order valence-electron chi connectivity index (χ4n) is 9.92. The average molecular weight is 1520 g/mol. The van der Waals surface area contributed by atoms with Crippen molar-refractivity contribution in [3.63, 3.8) is 0 Å². The third-order valence-corrected chi connectivity index (χ3v) is 17.8. The zero-order valence-electron chi connectivity index (χ0n) is 65.5. The first-order chi connectivity index (χ1) is 51.7. The monoisotopic (exact) mass is 1520 g/mol. The Bertz CT molecular complexity index is 2730. The number of rotatable bonds is 73. The smallest absolute Gasteiger partial charge is 0.462 e. The summed E-state index contributed by atoms with van der Waals surface area (Å²) in [5.41, 5.74) is 0. The van der Waals surface area contributed by atoms with Gasteiger partial charge in [-0.1, -0.05) is 293 Å². The van der Waals surface area contributed by atoms with E-state index in [0.29, 0.717) is 32.1 Å². The molecule has 0 aliphatic carbocycles. The Morgan fingerprint density at radius 2 is 0.547 bits per heavy atom. The number of ether oxygens (including phenoxy) is 4. The van der Waals surface area contributed by atoms with E-state index in [2.05, 4.69) is 167 Å². The Morgan fingerprint density at radius 3 is 0.887 bits per heavy atom. The van der Waals surface area contributed by atoms with Crippen LogP contribution >= 0.6 is 15.6 Å². The molecule has 0 amide bonds. The van der Waals surface area contributed by atoms with Gasteiger partial charge in [0, 0.05) is 19.3 Å². The number of esters is 4. The number of phosphoric ester groups is 2. The van der Waals surface area contributed by atoms with Crippen LogP contribution in [0.4, 0.5) is 0 Å². The summed E-state index contributed by atoms with van der Waals surface area (Å²) >= 11 is 0. The first-order valence-corrected chi connectivity index (χ1v) is 43.0. The molecular formula is C87H140O17P2. The van der Waals surface area contributed by atoms with Crippen molar-refractivity contribution in [3.8, 4) is 0 Å². The zero-order chi connectivity index (χ0) is 77.4. The van der Waals surface area contributed by atoms with Crippen molar-refractivity contribution < 1.29 is 80.2 Å². The lowest BCUT2D eigenvalue weighted by atomic mass is 10.1. The molecule has 0 aromatic heterocycles. The van der Waals surface area contributed by atoms with Crippen LogP contribution in [0.5, 0.6) is 0 Å². The SMILES string of the molecule is CC/C=C\C/C=C\C/C=C\C/C=C\C/C=C\C/C=C\CCC(=O)OCC(COP(=O)(O)OCC(O)COP(=O)(O)OCC(COC(=O)C/C=C\C/C=C\C/C=C\C/C=C\C/C=C\CC)OC(=O)CCCCCCC/C=C\CCCCCCCC)OC(=O)CCCCCCCCC/C=C\C/C=C\C/C=C\CC. The molecule has 0 aromatic carbocycles. The van der Waals surface area contributed by atoms with Gasteiger partial charge in [0.25, 0.3) is 0 Å². The van der Waals surface area contributed by atoms with Crippen molar-refractivity contribution in [2.24, 2.45) is 0 Å². The van der Waals surface area contributed by atoms with Gasteiger partial charge in [-0.3, -0.25) is 37.3 Å². The number of hydrogen-bond donors (Lipinski definition) is 3. The number of carbonyl (C=O) groups is 4. The van der Waals surface area contributed by atoms with Crippen LogP contribution in [0.25, 0.3) is 0 Å². The maximum atomic E-state index is 13.1. The van der Waals surface area contributed by atoms with Crippen LogP contribution in [-0.4, -0.2) is 96.7 Å². The molecule has 0 heterocycles. The molecule has 0 rings (SSSR count). The van der Waals surface area contributed by atoms with E-state index in [1.54, 1.807) is 6.08 Å². The van der Waals surface area contributed by atoms with Crippen LogP contribution < -0.4 is 0 Å². The molecule has 0 saturated carbocycles. The molecule has 3 N–H and O–H groups in total. The van der Waals surface area contributed by atoms with Gasteiger partial charge >= 0.3 is 39.5 Å². The lowest BCUT2D eigenvalue weighted by molar-refractivity contribution is -0.161. The van der Waals surface area contributed by atoms with Crippen molar-refractivity contribution in [1.29, 1.82) is 0 Å². The van der Waals surface area contributed by atoms with E-state index in [1.165, 1.54) is 38.5 Å². The molecule has 0 spiro atoms. The van der Waals surface area contributed by atoms with Crippen LogP contribution in [0.3, 0.4) is 0 Å². The Kier molecular flexibility index (Phi) is 73.1. The van der Waals surface area contributed by atoms with Gasteiger partial charge in [0.2, 0.25) is 0 Å². The van der Waals surface area contributed by atoms with Crippen molar-refractivity contribution in [2.75, 3.05) is 39.6 Å². The second-order valence-corrected chi connectivity index (χ2v) is 28.8. The Balaban J connectivity index is 5.52. The molecule has 0 saturated heterocycles. The number of allylic oxidation sites excluding steroid dienone is 29. The Morgan fingerprint density at radius 1 is 0.283 bits per heavy atom. The topological polar surface area (TPSA) is 237 Å². The lowest BCUT2D eigenvalue weighted by Gasteiger charge is -2.21. The third kappa shape index (κ3) is 76.4. The van der Waals surface area contributed by atoms with Gasteiger partial charge in [0.15, 0.2) is 12.2 Å². The molecule has 0 aliphatic heterocycles. The maximum Gasteiger partial charge on any atom is 0.472 e.